The Morgan fingerprint density at radius 1 is 1.10 bits per heavy atom. The third-order valence-corrected chi connectivity index (χ3v) is 7.84. The second-order valence-corrected chi connectivity index (χ2v) is 11.3. The van der Waals surface area contributed by atoms with Crippen molar-refractivity contribution in [3.63, 3.8) is 0 Å². The van der Waals surface area contributed by atoms with Gasteiger partial charge in [-0.2, -0.15) is 13.2 Å². The van der Waals surface area contributed by atoms with Gasteiger partial charge in [-0.05, 0) is 88.4 Å². The lowest BCUT2D eigenvalue weighted by Gasteiger charge is -2.35. The number of aromatic nitrogens is 2. The molecule has 2 aromatic carbocycles. The minimum absolute atomic E-state index is 0.0504. The number of nitrogens with zero attached hydrogens (tertiary/aromatic N) is 3. The number of aliphatic carboxylic acids is 1. The number of carbonyl (C=O) groups excluding carboxylic acids is 1. The molecule has 1 aromatic heterocycles. The summed E-state index contributed by atoms with van der Waals surface area (Å²) in [6.07, 6.45) is -3.61. The highest BCUT2D eigenvalue weighted by Crippen LogP contribution is 2.41. The van der Waals surface area contributed by atoms with Crippen molar-refractivity contribution >= 4 is 28.5 Å². The molecule has 1 aliphatic heterocycles. The summed E-state index contributed by atoms with van der Waals surface area (Å²) in [4.78, 5) is 44.4. The second-order valence-electron chi connectivity index (χ2n) is 11.3. The molecular formula is C30H33F3N4O5. The van der Waals surface area contributed by atoms with Crippen LogP contribution < -0.4 is 10.9 Å². The standard InChI is InChI=1S/C30H33F3N4O5/c1-15-13-36(14-16(2)42-15)27(38)20-7-9-21(10-8-20)34-17(3)22-11-23-25(12-24(22)30(31,32)33)35-18(4)37(28(23)39)26(29(40)41)19-5-6-19/h7-12,15-17,19,26,34H,5-6,13-14H2,1-4H3,(H,40,41). The minimum Gasteiger partial charge on any atom is -0.480 e. The first-order chi connectivity index (χ1) is 19.7. The average Bonchev–Trinajstić information content (AvgIpc) is 3.74. The monoisotopic (exact) mass is 586 g/mol. The summed E-state index contributed by atoms with van der Waals surface area (Å²) >= 11 is 0. The first kappa shape index (κ1) is 29.6. The maximum absolute atomic E-state index is 14.2. The number of carboxylic acids is 1. The normalized spacial score (nSPS) is 20.8. The van der Waals surface area contributed by atoms with Gasteiger partial charge in [0.2, 0.25) is 0 Å². The number of anilines is 1. The third kappa shape index (κ3) is 5.85. The highest BCUT2D eigenvalue weighted by Gasteiger charge is 2.40. The summed E-state index contributed by atoms with van der Waals surface area (Å²) in [6.45, 7) is 7.70. The lowest BCUT2D eigenvalue weighted by atomic mass is 9.97. The van der Waals surface area contributed by atoms with Crippen molar-refractivity contribution in [1.82, 2.24) is 14.5 Å². The third-order valence-electron chi connectivity index (χ3n) is 7.84. The van der Waals surface area contributed by atoms with E-state index in [2.05, 4.69) is 10.3 Å². The molecule has 0 radical (unpaired) electrons. The number of halogens is 3. The highest BCUT2D eigenvalue weighted by atomic mass is 19.4. The molecule has 1 saturated carbocycles. The van der Waals surface area contributed by atoms with Crippen molar-refractivity contribution in [3.8, 4) is 0 Å². The van der Waals surface area contributed by atoms with Gasteiger partial charge >= 0.3 is 12.1 Å². The number of carboxylic acid groups (broad SMARTS) is 1. The molecule has 5 rings (SSSR count). The Balaban J connectivity index is 1.46. The van der Waals surface area contributed by atoms with Gasteiger partial charge in [-0.3, -0.25) is 14.2 Å². The fraction of sp³-hybridized carbons (Fsp3) is 0.467. The summed E-state index contributed by atoms with van der Waals surface area (Å²) in [7, 11) is 0. The average molecular weight is 587 g/mol. The number of morpholine rings is 1. The predicted octanol–water partition coefficient (Wildman–Crippen LogP) is 5.18. The second kappa shape index (κ2) is 11.0. The van der Waals surface area contributed by atoms with Crippen LogP contribution in [0.4, 0.5) is 18.9 Å². The van der Waals surface area contributed by atoms with Crippen molar-refractivity contribution in [2.45, 2.75) is 71.0 Å². The number of hydrogen-bond acceptors (Lipinski definition) is 6. The fourth-order valence-electron chi connectivity index (χ4n) is 5.80. The number of alkyl halides is 3. The topological polar surface area (TPSA) is 114 Å². The smallest absolute Gasteiger partial charge is 0.416 e. The van der Waals surface area contributed by atoms with Gasteiger partial charge in [0.25, 0.3) is 11.5 Å². The van der Waals surface area contributed by atoms with Crippen LogP contribution >= 0.6 is 0 Å². The molecular weight excluding hydrogens is 553 g/mol. The van der Waals surface area contributed by atoms with Crippen molar-refractivity contribution in [2.24, 2.45) is 5.92 Å². The molecule has 1 amide bonds. The molecule has 0 spiro atoms. The van der Waals surface area contributed by atoms with Crippen molar-refractivity contribution in [2.75, 3.05) is 18.4 Å². The summed E-state index contributed by atoms with van der Waals surface area (Å²) < 4.78 is 49.4. The van der Waals surface area contributed by atoms with Crippen LogP contribution in [0.5, 0.6) is 0 Å². The van der Waals surface area contributed by atoms with Crippen LogP contribution in [-0.4, -0.2) is 56.7 Å². The SMILES string of the molecule is Cc1nc2cc(C(F)(F)F)c(C(C)Nc3ccc(C(=O)N4CC(C)OC(C)C4)cc3)cc2c(=O)n1C(C(=O)O)C1CC1. The zero-order valence-electron chi connectivity index (χ0n) is 23.7. The Morgan fingerprint density at radius 3 is 2.26 bits per heavy atom. The molecule has 42 heavy (non-hydrogen) atoms. The number of carbonyl (C=O) groups is 2. The van der Waals surface area contributed by atoms with Crippen molar-refractivity contribution in [1.29, 1.82) is 0 Å². The van der Waals surface area contributed by atoms with Crippen LogP contribution in [0.25, 0.3) is 10.9 Å². The molecule has 4 atom stereocenters. The quantitative estimate of drug-likeness (QED) is 0.392. The molecule has 224 valence electrons. The number of ether oxygens (including phenoxy) is 1. The van der Waals surface area contributed by atoms with Crippen LogP contribution in [-0.2, 0) is 15.7 Å². The molecule has 1 saturated heterocycles. The van der Waals surface area contributed by atoms with E-state index in [0.29, 0.717) is 37.2 Å². The number of aryl methyl sites for hydroxylation is 1. The first-order valence-electron chi connectivity index (χ1n) is 13.9. The molecule has 4 unspecified atom stereocenters. The Bertz CT molecular complexity index is 1570. The van der Waals surface area contributed by atoms with Crippen LogP contribution in [0, 0.1) is 12.8 Å². The van der Waals surface area contributed by atoms with Gasteiger partial charge in [0, 0.05) is 30.4 Å². The molecule has 2 N–H and O–H groups in total. The summed E-state index contributed by atoms with van der Waals surface area (Å²) in [6, 6.07) is 6.45. The molecule has 9 nitrogen and oxygen atoms in total. The molecule has 3 aromatic rings. The number of rotatable bonds is 7. The summed E-state index contributed by atoms with van der Waals surface area (Å²) in [5.74, 6) is -1.51. The number of amides is 1. The van der Waals surface area contributed by atoms with E-state index in [4.69, 9.17) is 4.74 Å². The Kier molecular flexibility index (Phi) is 7.78. The van der Waals surface area contributed by atoms with E-state index in [1.165, 1.54) is 13.8 Å². The predicted molar refractivity (Wildman–Crippen MR) is 150 cm³/mol. The zero-order chi connectivity index (χ0) is 30.5. The molecule has 2 heterocycles. The van der Waals surface area contributed by atoms with E-state index in [-0.39, 0.29) is 46.3 Å². The Labute approximate surface area is 240 Å². The van der Waals surface area contributed by atoms with Gasteiger partial charge in [-0.25, -0.2) is 9.78 Å². The lowest BCUT2D eigenvalue weighted by molar-refractivity contribution is -0.141. The molecule has 2 aliphatic rings. The van der Waals surface area contributed by atoms with Gasteiger partial charge in [-0.1, -0.05) is 0 Å². The molecule has 1 aliphatic carbocycles. The van der Waals surface area contributed by atoms with Gasteiger partial charge < -0.3 is 20.1 Å². The Hall–Kier alpha value is -3.93. The lowest BCUT2D eigenvalue weighted by Crippen LogP contribution is -2.48. The van der Waals surface area contributed by atoms with Crippen molar-refractivity contribution in [3.05, 3.63) is 69.3 Å². The number of benzene rings is 2. The summed E-state index contributed by atoms with van der Waals surface area (Å²) in [5.41, 5.74) is -1.03. The zero-order valence-corrected chi connectivity index (χ0v) is 23.7. The number of fused-ring (bicyclic) bond motifs is 1. The van der Waals surface area contributed by atoms with Crippen LogP contribution in [0.3, 0.4) is 0 Å². The molecule has 2 fully saturated rings. The van der Waals surface area contributed by atoms with E-state index in [9.17, 15) is 32.7 Å². The number of hydrogen-bond donors (Lipinski definition) is 2. The Morgan fingerprint density at radius 2 is 1.71 bits per heavy atom. The van der Waals surface area contributed by atoms with E-state index < -0.39 is 35.4 Å². The highest BCUT2D eigenvalue weighted by molar-refractivity contribution is 5.94. The minimum atomic E-state index is -4.73. The van der Waals surface area contributed by atoms with E-state index in [1.807, 2.05) is 13.8 Å². The van der Waals surface area contributed by atoms with Crippen molar-refractivity contribution < 1.29 is 32.6 Å². The summed E-state index contributed by atoms with van der Waals surface area (Å²) in [5, 5.41) is 12.7. The first-order valence-corrected chi connectivity index (χ1v) is 13.9. The van der Waals surface area contributed by atoms with E-state index in [1.54, 1.807) is 29.2 Å². The maximum Gasteiger partial charge on any atom is 0.416 e. The number of nitrogens with one attached hydrogen (secondary N) is 1. The van der Waals surface area contributed by atoms with Crippen LogP contribution in [0.2, 0.25) is 0 Å². The van der Waals surface area contributed by atoms with Gasteiger partial charge in [0.15, 0.2) is 0 Å². The van der Waals surface area contributed by atoms with Crippen LogP contribution in [0.15, 0.2) is 41.2 Å². The van der Waals surface area contributed by atoms with E-state index in [0.717, 1.165) is 16.7 Å². The maximum atomic E-state index is 14.2. The van der Waals surface area contributed by atoms with Gasteiger partial charge in [0.05, 0.1) is 28.7 Å². The van der Waals surface area contributed by atoms with Gasteiger partial charge in [0.1, 0.15) is 11.9 Å². The molecule has 12 heteroatoms. The van der Waals surface area contributed by atoms with Crippen LogP contribution in [0.1, 0.15) is 73.0 Å². The largest absolute Gasteiger partial charge is 0.480 e. The van der Waals surface area contributed by atoms with E-state index >= 15 is 0 Å². The molecule has 0 bridgehead atoms. The fourth-order valence-corrected chi connectivity index (χ4v) is 5.80. The van der Waals surface area contributed by atoms with Gasteiger partial charge in [-0.15, -0.1) is 0 Å².